The third kappa shape index (κ3) is 3.46. The molecule has 0 aliphatic carbocycles. The number of para-hydroxylation sites is 2. The molecule has 1 heterocycles. The molecule has 0 saturated carbocycles. The fourth-order valence-corrected chi connectivity index (χ4v) is 3.31. The van der Waals surface area contributed by atoms with Crippen LogP contribution < -0.4 is 11.0 Å². The molecule has 5 nitrogen and oxygen atoms in total. The van der Waals surface area contributed by atoms with E-state index in [2.05, 4.69) is 5.32 Å². The number of nitrogens with one attached hydrogen (secondary N) is 1. The number of nitrogens with zero attached hydrogens (tertiary/aromatic N) is 2. The molecule has 3 aromatic rings. The highest BCUT2D eigenvalue weighted by Gasteiger charge is 2.14. The highest BCUT2D eigenvalue weighted by Crippen LogP contribution is 2.22. The Morgan fingerprint density at radius 1 is 1.12 bits per heavy atom. The molecule has 1 atom stereocenters. The Morgan fingerprint density at radius 2 is 1.76 bits per heavy atom. The van der Waals surface area contributed by atoms with E-state index >= 15 is 0 Å². The fraction of sp³-hybridized carbons (Fsp3) is 0.263. The Balaban J connectivity index is 1.70. The molecule has 3 rings (SSSR count). The van der Waals surface area contributed by atoms with Gasteiger partial charge in [-0.25, -0.2) is 4.79 Å². The normalized spacial score (nSPS) is 12.3. The summed E-state index contributed by atoms with van der Waals surface area (Å²) in [5, 5.41) is 3.56. The number of carbonyl (C=O) groups excluding carboxylic acids is 1. The smallest absolute Gasteiger partial charge is 0.328 e. The SMILES string of the molecule is CC(NC(=O)CCn1c(=O)n(C)c2ccccc21)c1ccccc1Cl. The molecule has 130 valence electrons. The number of aromatic nitrogens is 2. The average Bonchev–Trinajstić information content (AvgIpc) is 2.85. The van der Waals surface area contributed by atoms with Gasteiger partial charge in [-0.2, -0.15) is 0 Å². The topological polar surface area (TPSA) is 56.0 Å². The summed E-state index contributed by atoms with van der Waals surface area (Å²) in [6.45, 7) is 2.23. The van der Waals surface area contributed by atoms with E-state index in [9.17, 15) is 9.59 Å². The number of rotatable bonds is 5. The largest absolute Gasteiger partial charge is 0.349 e. The number of fused-ring (bicyclic) bond motifs is 1. The lowest BCUT2D eigenvalue weighted by Gasteiger charge is -2.15. The highest BCUT2D eigenvalue weighted by molar-refractivity contribution is 6.31. The van der Waals surface area contributed by atoms with Gasteiger partial charge in [-0.05, 0) is 30.7 Å². The third-order valence-corrected chi connectivity index (χ3v) is 4.71. The second kappa shape index (κ2) is 7.15. The molecule has 0 saturated heterocycles. The van der Waals surface area contributed by atoms with E-state index in [1.54, 1.807) is 22.2 Å². The molecule has 25 heavy (non-hydrogen) atoms. The van der Waals surface area contributed by atoms with E-state index in [-0.39, 0.29) is 24.1 Å². The van der Waals surface area contributed by atoms with Crippen molar-refractivity contribution >= 4 is 28.5 Å². The van der Waals surface area contributed by atoms with Crippen LogP contribution in [0.25, 0.3) is 11.0 Å². The molecule has 0 aliphatic heterocycles. The molecular weight excluding hydrogens is 338 g/mol. The van der Waals surface area contributed by atoms with Crippen LogP contribution in [0.4, 0.5) is 0 Å². The Kier molecular flexibility index (Phi) is 4.95. The van der Waals surface area contributed by atoms with Crippen LogP contribution in [-0.2, 0) is 18.4 Å². The van der Waals surface area contributed by atoms with Crippen molar-refractivity contribution in [3.63, 3.8) is 0 Å². The molecule has 0 fully saturated rings. The van der Waals surface area contributed by atoms with Crippen molar-refractivity contribution in [1.82, 2.24) is 14.5 Å². The maximum Gasteiger partial charge on any atom is 0.328 e. The Labute approximate surface area is 150 Å². The van der Waals surface area contributed by atoms with Gasteiger partial charge in [0.25, 0.3) is 0 Å². The first-order valence-corrected chi connectivity index (χ1v) is 8.55. The minimum Gasteiger partial charge on any atom is -0.349 e. The number of halogens is 1. The lowest BCUT2D eigenvalue weighted by atomic mass is 10.1. The van der Waals surface area contributed by atoms with Gasteiger partial charge in [0.2, 0.25) is 5.91 Å². The first-order chi connectivity index (χ1) is 12.0. The van der Waals surface area contributed by atoms with Gasteiger partial charge in [0, 0.05) is 25.0 Å². The maximum atomic E-state index is 12.4. The van der Waals surface area contributed by atoms with Crippen LogP contribution in [0.15, 0.2) is 53.3 Å². The molecule has 0 aliphatic rings. The van der Waals surface area contributed by atoms with Gasteiger partial charge in [-0.1, -0.05) is 41.9 Å². The van der Waals surface area contributed by atoms with Crippen molar-refractivity contribution < 1.29 is 4.79 Å². The van der Waals surface area contributed by atoms with E-state index in [1.165, 1.54) is 0 Å². The van der Waals surface area contributed by atoms with Crippen molar-refractivity contribution in [1.29, 1.82) is 0 Å². The van der Waals surface area contributed by atoms with E-state index in [0.717, 1.165) is 16.6 Å². The first kappa shape index (κ1) is 17.3. The molecule has 1 unspecified atom stereocenters. The number of hydrogen-bond donors (Lipinski definition) is 1. The number of carbonyl (C=O) groups is 1. The van der Waals surface area contributed by atoms with Crippen LogP contribution >= 0.6 is 11.6 Å². The Hall–Kier alpha value is -2.53. The lowest BCUT2D eigenvalue weighted by Crippen LogP contribution is -2.29. The first-order valence-electron chi connectivity index (χ1n) is 8.17. The molecule has 1 amide bonds. The maximum absolute atomic E-state index is 12.4. The average molecular weight is 358 g/mol. The number of aryl methyl sites for hydroxylation is 2. The van der Waals surface area contributed by atoms with Gasteiger partial charge in [-0.3, -0.25) is 13.9 Å². The predicted octanol–water partition coefficient (Wildman–Crippen LogP) is 3.26. The summed E-state index contributed by atoms with van der Waals surface area (Å²) in [5.41, 5.74) is 2.45. The van der Waals surface area contributed by atoms with Crippen molar-refractivity contribution in [2.75, 3.05) is 0 Å². The minimum atomic E-state index is -0.189. The summed E-state index contributed by atoms with van der Waals surface area (Å²) in [5.74, 6) is -0.118. The van der Waals surface area contributed by atoms with Gasteiger partial charge >= 0.3 is 5.69 Å². The molecule has 0 radical (unpaired) electrons. The highest BCUT2D eigenvalue weighted by atomic mass is 35.5. The van der Waals surface area contributed by atoms with Gasteiger partial charge in [0.05, 0.1) is 17.1 Å². The molecule has 0 bridgehead atoms. The molecule has 2 aromatic carbocycles. The van der Waals surface area contributed by atoms with E-state index in [1.807, 2.05) is 49.4 Å². The monoisotopic (exact) mass is 357 g/mol. The van der Waals surface area contributed by atoms with Crippen LogP contribution in [-0.4, -0.2) is 15.0 Å². The van der Waals surface area contributed by atoms with E-state index in [4.69, 9.17) is 11.6 Å². The zero-order chi connectivity index (χ0) is 18.0. The third-order valence-electron chi connectivity index (χ3n) is 4.36. The fourth-order valence-electron chi connectivity index (χ4n) is 3.01. The number of benzene rings is 2. The summed E-state index contributed by atoms with van der Waals surface area (Å²) >= 11 is 6.16. The predicted molar refractivity (Wildman–Crippen MR) is 99.8 cm³/mol. The van der Waals surface area contributed by atoms with Crippen LogP contribution in [0, 0.1) is 0 Å². The summed E-state index contributed by atoms with van der Waals surface area (Å²) < 4.78 is 3.23. The Bertz CT molecular complexity index is 974. The number of imidazole rings is 1. The van der Waals surface area contributed by atoms with Crippen molar-refractivity contribution in [3.05, 3.63) is 69.6 Å². The van der Waals surface area contributed by atoms with Crippen LogP contribution in [0.3, 0.4) is 0 Å². The Morgan fingerprint density at radius 3 is 2.48 bits per heavy atom. The molecular formula is C19H20ClN3O2. The van der Waals surface area contributed by atoms with Gasteiger partial charge < -0.3 is 5.32 Å². The summed E-state index contributed by atoms with van der Waals surface area (Å²) in [4.78, 5) is 24.7. The van der Waals surface area contributed by atoms with Crippen LogP contribution in [0.1, 0.15) is 24.9 Å². The second-order valence-corrected chi connectivity index (χ2v) is 6.45. The standard InChI is InChI=1S/C19H20ClN3O2/c1-13(14-7-3-4-8-15(14)20)21-18(24)11-12-23-17-10-6-5-9-16(17)22(2)19(23)25/h3-10,13H,11-12H2,1-2H3,(H,21,24). The van der Waals surface area contributed by atoms with Crippen molar-refractivity contribution in [3.8, 4) is 0 Å². The summed E-state index contributed by atoms with van der Waals surface area (Å²) in [6, 6.07) is 14.8. The summed E-state index contributed by atoms with van der Waals surface area (Å²) in [7, 11) is 1.74. The van der Waals surface area contributed by atoms with Gasteiger partial charge in [0.15, 0.2) is 0 Å². The quantitative estimate of drug-likeness (QED) is 0.762. The zero-order valence-electron chi connectivity index (χ0n) is 14.2. The molecule has 6 heteroatoms. The minimum absolute atomic E-state index is 0.117. The van der Waals surface area contributed by atoms with E-state index < -0.39 is 0 Å². The molecule has 1 aromatic heterocycles. The van der Waals surface area contributed by atoms with Crippen molar-refractivity contribution in [2.45, 2.75) is 25.9 Å². The molecule has 0 spiro atoms. The van der Waals surface area contributed by atoms with Crippen molar-refractivity contribution in [2.24, 2.45) is 7.05 Å². The van der Waals surface area contributed by atoms with Crippen LogP contribution in [0.5, 0.6) is 0 Å². The zero-order valence-corrected chi connectivity index (χ0v) is 15.0. The second-order valence-electron chi connectivity index (χ2n) is 6.04. The molecule has 1 N–H and O–H groups in total. The van der Waals surface area contributed by atoms with E-state index in [0.29, 0.717) is 11.6 Å². The van der Waals surface area contributed by atoms with Gasteiger partial charge in [0.1, 0.15) is 0 Å². The number of hydrogen-bond acceptors (Lipinski definition) is 2. The number of amides is 1. The van der Waals surface area contributed by atoms with Gasteiger partial charge in [-0.15, -0.1) is 0 Å². The lowest BCUT2D eigenvalue weighted by molar-refractivity contribution is -0.121. The van der Waals surface area contributed by atoms with Crippen LogP contribution in [0.2, 0.25) is 5.02 Å². The summed E-state index contributed by atoms with van der Waals surface area (Å²) in [6.07, 6.45) is 0.225.